The summed E-state index contributed by atoms with van der Waals surface area (Å²) in [7, 11) is 0. The summed E-state index contributed by atoms with van der Waals surface area (Å²) in [6.07, 6.45) is 3.29. The molecule has 2 aromatic heterocycles. The summed E-state index contributed by atoms with van der Waals surface area (Å²) in [5, 5.41) is 0. The molecule has 0 radical (unpaired) electrons. The summed E-state index contributed by atoms with van der Waals surface area (Å²) in [4.78, 5) is 2.99. The first kappa shape index (κ1) is 10.3. The number of H-pyrrole nitrogens is 1. The van der Waals surface area contributed by atoms with Crippen LogP contribution in [0.25, 0.3) is 11.0 Å². The zero-order valence-electron chi connectivity index (χ0n) is 8.81. The topological polar surface area (TPSA) is 33.9 Å². The third-order valence-corrected chi connectivity index (χ3v) is 2.98. The molecule has 0 unspecified atom stereocenters. The Morgan fingerprint density at radius 2 is 2.24 bits per heavy atom. The quantitative estimate of drug-likeness (QED) is 0.704. The van der Waals surface area contributed by atoms with E-state index in [1.54, 1.807) is 18.6 Å². The molecular formula is C12H9FN2OS. The van der Waals surface area contributed by atoms with Crippen molar-refractivity contribution in [1.29, 1.82) is 0 Å². The first-order chi connectivity index (χ1) is 8.24. The van der Waals surface area contributed by atoms with E-state index in [1.807, 2.05) is 10.6 Å². The van der Waals surface area contributed by atoms with Crippen molar-refractivity contribution in [2.24, 2.45) is 0 Å². The van der Waals surface area contributed by atoms with Gasteiger partial charge in [0.1, 0.15) is 5.82 Å². The summed E-state index contributed by atoms with van der Waals surface area (Å²) in [5.74, 6) is -0.274. The van der Waals surface area contributed by atoms with Crippen molar-refractivity contribution in [2.45, 2.75) is 6.54 Å². The summed E-state index contributed by atoms with van der Waals surface area (Å²) >= 11 is 5.22. The Bertz CT molecular complexity index is 712. The van der Waals surface area contributed by atoms with Crippen molar-refractivity contribution >= 4 is 23.3 Å². The highest BCUT2D eigenvalue weighted by molar-refractivity contribution is 7.71. The maximum absolute atomic E-state index is 13.1. The monoisotopic (exact) mass is 248 g/mol. The number of hydrogen-bond donors (Lipinski definition) is 1. The minimum absolute atomic E-state index is 0.274. The molecule has 3 nitrogen and oxygen atoms in total. The van der Waals surface area contributed by atoms with E-state index in [0.717, 1.165) is 11.1 Å². The molecule has 0 aliphatic rings. The number of benzene rings is 1. The second-order valence-corrected chi connectivity index (χ2v) is 4.20. The van der Waals surface area contributed by atoms with Gasteiger partial charge in [-0.25, -0.2) is 4.39 Å². The van der Waals surface area contributed by atoms with Gasteiger partial charge in [0.25, 0.3) is 0 Å². The average Bonchev–Trinajstić information content (AvgIpc) is 2.88. The van der Waals surface area contributed by atoms with E-state index in [4.69, 9.17) is 16.6 Å². The molecule has 3 aromatic rings. The number of furan rings is 1. The highest BCUT2D eigenvalue weighted by Crippen LogP contribution is 2.17. The number of nitrogens with zero attached hydrogens (tertiary/aromatic N) is 1. The molecule has 0 saturated heterocycles. The standard InChI is InChI=1S/C12H9FN2OS/c13-9-1-2-11-10(5-9)14-12(17)15(11)6-8-3-4-16-7-8/h1-5,7H,6H2,(H,14,17). The van der Waals surface area contributed by atoms with Crippen molar-refractivity contribution in [2.75, 3.05) is 0 Å². The highest BCUT2D eigenvalue weighted by Gasteiger charge is 2.06. The Labute approximate surface area is 101 Å². The number of halogens is 1. The Balaban J connectivity index is 2.16. The van der Waals surface area contributed by atoms with Crippen molar-refractivity contribution in [3.05, 3.63) is 52.9 Å². The van der Waals surface area contributed by atoms with Crippen LogP contribution < -0.4 is 0 Å². The number of rotatable bonds is 2. The molecule has 0 aliphatic heterocycles. The normalized spacial score (nSPS) is 11.1. The van der Waals surface area contributed by atoms with Gasteiger partial charge in [-0.3, -0.25) is 0 Å². The largest absolute Gasteiger partial charge is 0.472 e. The first-order valence-electron chi connectivity index (χ1n) is 5.13. The summed E-state index contributed by atoms with van der Waals surface area (Å²) in [6, 6.07) is 6.47. The number of fused-ring (bicyclic) bond motifs is 1. The molecule has 17 heavy (non-hydrogen) atoms. The van der Waals surface area contributed by atoms with Gasteiger partial charge in [0.15, 0.2) is 4.77 Å². The molecule has 2 heterocycles. The average molecular weight is 248 g/mol. The second kappa shape index (κ2) is 3.85. The molecule has 1 N–H and O–H groups in total. The Morgan fingerprint density at radius 1 is 1.35 bits per heavy atom. The predicted octanol–water partition coefficient (Wildman–Crippen LogP) is 3.48. The number of imidazole rings is 1. The lowest BCUT2D eigenvalue weighted by Crippen LogP contribution is -1.98. The van der Waals surface area contributed by atoms with E-state index in [0.29, 0.717) is 16.8 Å². The minimum Gasteiger partial charge on any atom is -0.472 e. The molecule has 86 valence electrons. The lowest BCUT2D eigenvalue weighted by Gasteiger charge is -2.01. The fourth-order valence-electron chi connectivity index (χ4n) is 1.86. The van der Waals surface area contributed by atoms with Crippen LogP contribution in [-0.4, -0.2) is 9.55 Å². The molecular weight excluding hydrogens is 239 g/mol. The van der Waals surface area contributed by atoms with E-state index >= 15 is 0 Å². The molecule has 3 rings (SSSR count). The lowest BCUT2D eigenvalue weighted by molar-refractivity contribution is 0.562. The van der Waals surface area contributed by atoms with Crippen LogP contribution in [0.2, 0.25) is 0 Å². The summed E-state index contributed by atoms with van der Waals surface area (Å²) in [6.45, 7) is 0.612. The van der Waals surface area contributed by atoms with Crippen molar-refractivity contribution < 1.29 is 8.81 Å². The molecule has 0 spiro atoms. The summed E-state index contributed by atoms with van der Waals surface area (Å²) < 4.78 is 20.6. The fraction of sp³-hybridized carbons (Fsp3) is 0.0833. The summed E-state index contributed by atoms with van der Waals surface area (Å²) in [5.41, 5.74) is 2.61. The van der Waals surface area contributed by atoms with Gasteiger partial charge < -0.3 is 14.0 Å². The van der Waals surface area contributed by atoms with E-state index in [1.165, 1.54) is 12.1 Å². The van der Waals surface area contributed by atoms with E-state index < -0.39 is 0 Å². The van der Waals surface area contributed by atoms with Crippen molar-refractivity contribution in [3.8, 4) is 0 Å². The van der Waals surface area contributed by atoms with Gasteiger partial charge in [0, 0.05) is 5.56 Å². The number of aromatic amines is 1. The second-order valence-electron chi connectivity index (χ2n) is 3.81. The van der Waals surface area contributed by atoms with E-state index in [2.05, 4.69) is 4.98 Å². The lowest BCUT2D eigenvalue weighted by atomic mass is 10.3. The maximum atomic E-state index is 13.1. The molecule has 1 aromatic carbocycles. The predicted molar refractivity (Wildman–Crippen MR) is 64.9 cm³/mol. The van der Waals surface area contributed by atoms with Crippen LogP contribution in [0.3, 0.4) is 0 Å². The third kappa shape index (κ3) is 1.78. The Morgan fingerprint density at radius 3 is 3.00 bits per heavy atom. The first-order valence-corrected chi connectivity index (χ1v) is 5.54. The van der Waals surface area contributed by atoms with Crippen LogP contribution in [0.5, 0.6) is 0 Å². The van der Waals surface area contributed by atoms with Crippen molar-refractivity contribution in [1.82, 2.24) is 9.55 Å². The number of hydrogen-bond acceptors (Lipinski definition) is 2. The van der Waals surface area contributed by atoms with E-state index in [9.17, 15) is 4.39 Å². The number of aromatic nitrogens is 2. The van der Waals surface area contributed by atoms with Crippen LogP contribution in [0.15, 0.2) is 41.2 Å². The smallest absolute Gasteiger partial charge is 0.178 e. The van der Waals surface area contributed by atoms with Crippen LogP contribution in [-0.2, 0) is 6.54 Å². The van der Waals surface area contributed by atoms with Gasteiger partial charge in [0.2, 0.25) is 0 Å². The van der Waals surface area contributed by atoms with E-state index in [-0.39, 0.29) is 5.82 Å². The van der Waals surface area contributed by atoms with Gasteiger partial charge in [-0.2, -0.15) is 0 Å². The van der Waals surface area contributed by atoms with Gasteiger partial charge in [-0.05, 0) is 36.5 Å². The minimum atomic E-state index is -0.274. The van der Waals surface area contributed by atoms with Gasteiger partial charge in [-0.15, -0.1) is 0 Å². The molecule has 0 bridgehead atoms. The van der Waals surface area contributed by atoms with Gasteiger partial charge in [-0.1, -0.05) is 0 Å². The molecule has 5 heteroatoms. The maximum Gasteiger partial charge on any atom is 0.178 e. The van der Waals surface area contributed by atoms with Crippen LogP contribution in [0, 0.1) is 10.6 Å². The molecule has 0 saturated carbocycles. The zero-order valence-corrected chi connectivity index (χ0v) is 9.63. The molecule has 0 atom stereocenters. The van der Waals surface area contributed by atoms with Gasteiger partial charge in [0.05, 0.1) is 30.1 Å². The van der Waals surface area contributed by atoms with Crippen LogP contribution >= 0.6 is 12.2 Å². The SMILES string of the molecule is Fc1ccc2c(c1)[nH]c(=S)n2Cc1ccoc1. The molecule has 0 amide bonds. The number of nitrogens with one attached hydrogen (secondary N) is 1. The van der Waals surface area contributed by atoms with Crippen molar-refractivity contribution in [3.63, 3.8) is 0 Å². The Kier molecular flexibility index (Phi) is 2.33. The van der Waals surface area contributed by atoms with Gasteiger partial charge >= 0.3 is 0 Å². The zero-order chi connectivity index (χ0) is 11.8. The fourth-order valence-corrected chi connectivity index (χ4v) is 2.13. The highest BCUT2D eigenvalue weighted by atomic mass is 32.1. The third-order valence-electron chi connectivity index (χ3n) is 2.66. The van der Waals surface area contributed by atoms with Crippen LogP contribution in [0.4, 0.5) is 4.39 Å². The molecule has 0 fully saturated rings. The molecule has 0 aliphatic carbocycles. The Hall–Kier alpha value is -1.88. The van der Waals surface area contributed by atoms with Crippen LogP contribution in [0.1, 0.15) is 5.56 Å².